The van der Waals surface area contributed by atoms with Gasteiger partial charge in [-0.15, -0.1) is 5.10 Å². The highest BCUT2D eigenvalue weighted by Crippen LogP contribution is 2.20. The minimum absolute atomic E-state index is 0.239. The number of fused-ring (bicyclic) bond motifs is 1. The van der Waals surface area contributed by atoms with Gasteiger partial charge in [0, 0.05) is 12.5 Å². The molecule has 60 valence electrons. The largest absolute Gasteiger partial charge is 0.393 e. The molecular weight excluding hydrogens is 142 g/mol. The summed E-state index contributed by atoms with van der Waals surface area (Å²) in [5, 5.41) is 16.9. The number of aliphatic hydroxyl groups is 1. The molecule has 0 aliphatic carbocycles. The van der Waals surface area contributed by atoms with Crippen molar-refractivity contribution in [3.05, 3.63) is 11.9 Å². The van der Waals surface area contributed by atoms with Gasteiger partial charge in [-0.1, -0.05) is 5.21 Å². The Labute approximate surface area is 64.8 Å². The van der Waals surface area contributed by atoms with E-state index in [-0.39, 0.29) is 6.10 Å². The van der Waals surface area contributed by atoms with E-state index in [1.807, 2.05) is 11.6 Å². The summed E-state index contributed by atoms with van der Waals surface area (Å²) in [6.45, 7) is 2.64. The lowest BCUT2D eigenvalue weighted by Crippen LogP contribution is -2.18. The van der Waals surface area contributed by atoms with E-state index < -0.39 is 0 Å². The lowest BCUT2D eigenvalue weighted by atomic mass is 10.0. The second-order valence-corrected chi connectivity index (χ2v) is 3.11. The fraction of sp³-hybridized carbons (Fsp3) is 0.714. The summed E-state index contributed by atoms with van der Waals surface area (Å²) >= 11 is 0. The van der Waals surface area contributed by atoms with Crippen LogP contribution in [0.4, 0.5) is 0 Å². The molecule has 0 saturated heterocycles. The van der Waals surface area contributed by atoms with Crippen molar-refractivity contribution in [1.82, 2.24) is 15.0 Å². The van der Waals surface area contributed by atoms with Crippen LogP contribution >= 0.6 is 0 Å². The van der Waals surface area contributed by atoms with Gasteiger partial charge in [-0.3, -0.25) is 0 Å². The molecule has 0 radical (unpaired) electrons. The molecule has 1 aromatic heterocycles. The van der Waals surface area contributed by atoms with Crippen LogP contribution in [0.5, 0.6) is 0 Å². The van der Waals surface area contributed by atoms with Gasteiger partial charge in [0.1, 0.15) is 0 Å². The van der Waals surface area contributed by atoms with Gasteiger partial charge in [-0.05, 0) is 13.3 Å². The molecule has 4 heteroatoms. The Bertz CT molecular complexity index is 235. The Balaban J connectivity index is 2.16. The van der Waals surface area contributed by atoms with Crippen LogP contribution in [0.3, 0.4) is 0 Å². The van der Waals surface area contributed by atoms with E-state index >= 15 is 0 Å². The van der Waals surface area contributed by atoms with Gasteiger partial charge in [0.25, 0.3) is 0 Å². The molecule has 11 heavy (non-hydrogen) atoms. The van der Waals surface area contributed by atoms with Crippen molar-refractivity contribution in [2.24, 2.45) is 5.92 Å². The quantitative estimate of drug-likeness (QED) is 0.609. The Morgan fingerprint density at radius 3 is 3.27 bits per heavy atom. The molecule has 0 aromatic carbocycles. The number of hydrogen-bond donors (Lipinski definition) is 1. The van der Waals surface area contributed by atoms with E-state index in [0.29, 0.717) is 5.92 Å². The van der Waals surface area contributed by atoms with Crippen LogP contribution in [0.2, 0.25) is 0 Å². The SMILES string of the molecule is C[C@@H](O)[C@@H]1Cc2cnnn2C1. The molecule has 1 aliphatic heterocycles. The summed E-state index contributed by atoms with van der Waals surface area (Å²) in [6.07, 6.45) is 2.43. The Hall–Kier alpha value is -0.900. The van der Waals surface area contributed by atoms with Crippen molar-refractivity contribution in [3.8, 4) is 0 Å². The normalized spacial score (nSPS) is 25.1. The molecule has 4 nitrogen and oxygen atoms in total. The number of aliphatic hydroxyl groups excluding tert-OH is 1. The molecule has 0 bridgehead atoms. The fourth-order valence-corrected chi connectivity index (χ4v) is 1.47. The first-order chi connectivity index (χ1) is 5.27. The van der Waals surface area contributed by atoms with Gasteiger partial charge in [-0.25, -0.2) is 4.68 Å². The maximum Gasteiger partial charge on any atom is 0.0725 e. The molecule has 0 amide bonds. The van der Waals surface area contributed by atoms with Crippen LogP contribution < -0.4 is 0 Å². The minimum atomic E-state index is -0.239. The zero-order valence-corrected chi connectivity index (χ0v) is 6.44. The highest BCUT2D eigenvalue weighted by atomic mass is 16.3. The van der Waals surface area contributed by atoms with E-state index in [1.165, 1.54) is 0 Å². The van der Waals surface area contributed by atoms with Gasteiger partial charge in [0.15, 0.2) is 0 Å². The van der Waals surface area contributed by atoms with Crippen molar-refractivity contribution in [2.75, 3.05) is 0 Å². The average Bonchev–Trinajstić information content (AvgIpc) is 2.40. The molecule has 2 heterocycles. The van der Waals surface area contributed by atoms with E-state index in [1.54, 1.807) is 6.20 Å². The second-order valence-electron chi connectivity index (χ2n) is 3.11. The first-order valence-corrected chi connectivity index (χ1v) is 3.83. The van der Waals surface area contributed by atoms with Crippen LogP contribution in [-0.2, 0) is 13.0 Å². The second kappa shape index (κ2) is 2.30. The van der Waals surface area contributed by atoms with Gasteiger partial charge < -0.3 is 5.11 Å². The van der Waals surface area contributed by atoms with Gasteiger partial charge >= 0.3 is 0 Å². The summed E-state index contributed by atoms with van der Waals surface area (Å²) in [5.74, 6) is 0.334. The molecule has 0 unspecified atom stereocenters. The third kappa shape index (κ3) is 1.03. The topological polar surface area (TPSA) is 50.9 Å². The Morgan fingerprint density at radius 1 is 1.82 bits per heavy atom. The molecule has 2 rings (SSSR count). The zero-order valence-electron chi connectivity index (χ0n) is 6.44. The van der Waals surface area contributed by atoms with E-state index in [2.05, 4.69) is 10.3 Å². The summed E-state index contributed by atoms with van der Waals surface area (Å²) in [5.41, 5.74) is 1.14. The van der Waals surface area contributed by atoms with Gasteiger partial charge in [0.2, 0.25) is 0 Å². The molecule has 1 N–H and O–H groups in total. The van der Waals surface area contributed by atoms with Crippen LogP contribution in [-0.4, -0.2) is 26.2 Å². The van der Waals surface area contributed by atoms with Crippen molar-refractivity contribution in [1.29, 1.82) is 0 Å². The van der Waals surface area contributed by atoms with Crippen LogP contribution in [0, 0.1) is 5.92 Å². The van der Waals surface area contributed by atoms with Gasteiger partial charge in [0.05, 0.1) is 18.0 Å². The smallest absolute Gasteiger partial charge is 0.0725 e. The lowest BCUT2D eigenvalue weighted by Gasteiger charge is -2.10. The summed E-state index contributed by atoms with van der Waals surface area (Å²) in [6, 6.07) is 0. The minimum Gasteiger partial charge on any atom is -0.393 e. The first kappa shape index (κ1) is 6.79. The maximum atomic E-state index is 9.28. The Kier molecular flexibility index (Phi) is 1.42. The molecule has 0 fully saturated rings. The molecule has 1 aliphatic rings. The van der Waals surface area contributed by atoms with Crippen LogP contribution in [0.15, 0.2) is 6.20 Å². The molecule has 2 atom stereocenters. The van der Waals surface area contributed by atoms with E-state index in [9.17, 15) is 5.11 Å². The van der Waals surface area contributed by atoms with Crippen LogP contribution in [0.25, 0.3) is 0 Å². The van der Waals surface area contributed by atoms with E-state index in [4.69, 9.17) is 0 Å². The monoisotopic (exact) mass is 153 g/mol. The maximum absolute atomic E-state index is 9.28. The number of rotatable bonds is 1. The third-order valence-electron chi connectivity index (χ3n) is 2.26. The highest BCUT2D eigenvalue weighted by Gasteiger charge is 2.25. The zero-order chi connectivity index (χ0) is 7.84. The van der Waals surface area contributed by atoms with Crippen LogP contribution in [0.1, 0.15) is 12.6 Å². The summed E-state index contributed by atoms with van der Waals surface area (Å²) < 4.78 is 1.86. The summed E-state index contributed by atoms with van der Waals surface area (Å²) in [4.78, 5) is 0. The first-order valence-electron chi connectivity index (χ1n) is 3.83. The standard InChI is InChI=1S/C7H11N3O/c1-5(11)6-2-7-3-8-9-10(7)4-6/h3,5-6,11H,2,4H2,1H3/t5-,6-/m1/s1. The number of hydrogen-bond acceptors (Lipinski definition) is 3. The molecule has 0 spiro atoms. The number of nitrogens with zero attached hydrogens (tertiary/aromatic N) is 3. The molecule has 0 saturated carbocycles. The van der Waals surface area contributed by atoms with Crippen molar-refractivity contribution >= 4 is 0 Å². The average molecular weight is 153 g/mol. The van der Waals surface area contributed by atoms with Crippen molar-refractivity contribution in [3.63, 3.8) is 0 Å². The third-order valence-corrected chi connectivity index (χ3v) is 2.26. The van der Waals surface area contributed by atoms with Crippen molar-refractivity contribution in [2.45, 2.75) is 26.0 Å². The predicted molar refractivity (Wildman–Crippen MR) is 38.9 cm³/mol. The number of aromatic nitrogens is 3. The van der Waals surface area contributed by atoms with E-state index in [0.717, 1.165) is 18.7 Å². The van der Waals surface area contributed by atoms with Gasteiger partial charge in [-0.2, -0.15) is 0 Å². The lowest BCUT2D eigenvalue weighted by molar-refractivity contribution is 0.123. The molecule has 1 aromatic rings. The van der Waals surface area contributed by atoms with Crippen molar-refractivity contribution < 1.29 is 5.11 Å². The Morgan fingerprint density at radius 2 is 2.64 bits per heavy atom. The fourth-order valence-electron chi connectivity index (χ4n) is 1.47. The highest BCUT2D eigenvalue weighted by molar-refractivity contribution is 5.01. The molecular formula is C7H11N3O. The summed E-state index contributed by atoms with van der Waals surface area (Å²) in [7, 11) is 0. The predicted octanol–water partition coefficient (Wildman–Crippen LogP) is -0.169.